The van der Waals surface area contributed by atoms with Crippen LogP contribution in [-0.2, 0) is 14.8 Å². The van der Waals surface area contributed by atoms with Gasteiger partial charge in [-0.3, -0.25) is 4.90 Å². The molecular weight excluding hydrogens is 318 g/mol. The molecule has 1 saturated heterocycles. The Morgan fingerprint density at radius 3 is 2.83 bits per heavy atom. The summed E-state index contributed by atoms with van der Waals surface area (Å²) in [4.78, 5) is 6.43. The molecule has 0 amide bonds. The van der Waals surface area contributed by atoms with E-state index in [9.17, 15) is 8.42 Å². The van der Waals surface area contributed by atoms with Crippen molar-refractivity contribution in [3.05, 3.63) is 36.8 Å². The minimum atomic E-state index is -3.57. The fourth-order valence-electron chi connectivity index (χ4n) is 2.31. The van der Waals surface area contributed by atoms with Gasteiger partial charge in [-0.05, 0) is 12.1 Å². The fraction of sp³-hybridized carbons (Fsp3) is 0.429. The molecule has 0 unspecified atom stereocenters. The van der Waals surface area contributed by atoms with Crippen molar-refractivity contribution in [2.24, 2.45) is 0 Å². The van der Waals surface area contributed by atoms with E-state index in [4.69, 9.17) is 4.74 Å². The van der Waals surface area contributed by atoms with Crippen LogP contribution in [0.15, 0.2) is 41.7 Å². The van der Waals surface area contributed by atoms with E-state index in [0.29, 0.717) is 32.1 Å². The van der Waals surface area contributed by atoms with Gasteiger partial charge in [-0.2, -0.15) is 5.10 Å². The maximum atomic E-state index is 12.3. The average molecular weight is 337 g/mol. The van der Waals surface area contributed by atoms with Crippen LogP contribution < -0.4 is 4.72 Å². The minimum absolute atomic E-state index is 0.130. The Balaban J connectivity index is 1.60. The van der Waals surface area contributed by atoms with Gasteiger partial charge in [0, 0.05) is 32.4 Å². The smallest absolute Gasteiger partial charge is 0.243 e. The van der Waals surface area contributed by atoms with Crippen molar-refractivity contribution in [2.75, 3.05) is 39.4 Å². The lowest BCUT2D eigenvalue weighted by molar-refractivity contribution is 0.0390. The third-order valence-corrected chi connectivity index (χ3v) is 4.99. The molecule has 0 atom stereocenters. The van der Waals surface area contributed by atoms with Crippen LogP contribution in [0.4, 0.5) is 0 Å². The molecule has 23 heavy (non-hydrogen) atoms. The van der Waals surface area contributed by atoms with Crippen LogP contribution in [-0.4, -0.2) is 67.5 Å². The van der Waals surface area contributed by atoms with Gasteiger partial charge in [-0.25, -0.2) is 22.8 Å². The minimum Gasteiger partial charge on any atom is -0.379 e. The standard InChI is InChI=1S/C14H19N5O3S/c20-23(21,17-5-6-18-7-9-22-10-8-18)13-11-16-19(12-13)14-3-1-2-4-15-14/h1-4,11-12,17H,5-10H2. The number of rotatable bonds is 6. The first kappa shape index (κ1) is 16.1. The molecular formula is C14H19N5O3S. The number of ether oxygens (including phenoxy) is 1. The van der Waals surface area contributed by atoms with Crippen LogP contribution in [0.1, 0.15) is 0 Å². The van der Waals surface area contributed by atoms with Gasteiger partial charge in [0.15, 0.2) is 5.82 Å². The second-order valence-electron chi connectivity index (χ2n) is 5.16. The lowest BCUT2D eigenvalue weighted by Gasteiger charge is -2.26. The maximum Gasteiger partial charge on any atom is 0.243 e. The van der Waals surface area contributed by atoms with Gasteiger partial charge >= 0.3 is 0 Å². The van der Waals surface area contributed by atoms with Gasteiger partial charge in [0.05, 0.1) is 25.6 Å². The Bertz CT molecular complexity index is 726. The molecule has 0 spiro atoms. The molecule has 1 fully saturated rings. The third kappa shape index (κ3) is 4.14. The van der Waals surface area contributed by atoms with Crippen molar-refractivity contribution in [3.63, 3.8) is 0 Å². The molecule has 2 aromatic heterocycles. The summed E-state index contributed by atoms with van der Waals surface area (Å²) in [5, 5.41) is 4.06. The predicted molar refractivity (Wildman–Crippen MR) is 83.8 cm³/mol. The molecule has 3 rings (SSSR count). The summed E-state index contributed by atoms with van der Waals surface area (Å²) in [7, 11) is -3.57. The molecule has 0 bridgehead atoms. The highest BCUT2D eigenvalue weighted by atomic mass is 32.2. The molecule has 0 radical (unpaired) electrons. The first-order valence-corrected chi connectivity index (χ1v) is 8.89. The Hall–Kier alpha value is -1.81. The van der Waals surface area contributed by atoms with Crippen LogP contribution in [0.25, 0.3) is 5.82 Å². The predicted octanol–water partition coefficient (Wildman–Crippen LogP) is -0.122. The monoisotopic (exact) mass is 337 g/mol. The second kappa shape index (κ2) is 7.18. The average Bonchev–Trinajstić information content (AvgIpc) is 3.07. The van der Waals surface area contributed by atoms with Crippen molar-refractivity contribution in [3.8, 4) is 5.82 Å². The van der Waals surface area contributed by atoms with Crippen LogP contribution in [0.3, 0.4) is 0 Å². The van der Waals surface area contributed by atoms with Crippen LogP contribution in [0.5, 0.6) is 0 Å². The summed E-state index contributed by atoms with van der Waals surface area (Å²) in [6.07, 6.45) is 4.41. The molecule has 124 valence electrons. The first-order chi connectivity index (χ1) is 11.1. The molecule has 1 aliphatic rings. The molecule has 3 heterocycles. The highest BCUT2D eigenvalue weighted by Crippen LogP contribution is 2.10. The van der Waals surface area contributed by atoms with E-state index in [1.807, 2.05) is 6.07 Å². The van der Waals surface area contributed by atoms with Crippen molar-refractivity contribution in [1.82, 2.24) is 24.4 Å². The normalized spacial score (nSPS) is 16.5. The number of nitrogens with one attached hydrogen (secondary N) is 1. The largest absolute Gasteiger partial charge is 0.379 e. The highest BCUT2D eigenvalue weighted by molar-refractivity contribution is 7.89. The Kier molecular flexibility index (Phi) is 5.01. The topological polar surface area (TPSA) is 89.4 Å². The zero-order chi connectivity index (χ0) is 16.1. The van der Waals surface area contributed by atoms with E-state index >= 15 is 0 Å². The van der Waals surface area contributed by atoms with Gasteiger partial charge in [0.25, 0.3) is 0 Å². The number of pyridine rings is 1. The van der Waals surface area contributed by atoms with Gasteiger partial charge in [0.2, 0.25) is 10.0 Å². The van der Waals surface area contributed by atoms with E-state index in [2.05, 4.69) is 19.7 Å². The quantitative estimate of drug-likeness (QED) is 0.790. The zero-order valence-corrected chi connectivity index (χ0v) is 13.4. The summed E-state index contributed by atoms with van der Waals surface area (Å²) in [5.74, 6) is 0.572. The SMILES string of the molecule is O=S(=O)(NCCN1CCOCC1)c1cnn(-c2ccccn2)c1. The number of aromatic nitrogens is 3. The van der Waals surface area contributed by atoms with Crippen molar-refractivity contribution in [1.29, 1.82) is 0 Å². The fourth-order valence-corrected chi connectivity index (χ4v) is 3.26. The van der Waals surface area contributed by atoms with Crippen LogP contribution in [0.2, 0.25) is 0 Å². The Morgan fingerprint density at radius 1 is 1.26 bits per heavy atom. The van der Waals surface area contributed by atoms with Gasteiger partial charge in [-0.15, -0.1) is 0 Å². The lowest BCUT2D eigenvalue weighted by Crippen LogP contribution is -2.41. The molecule has 9 heteroatoms. The van der Waals surface area contributed by atoms with E-state index in [0.717, 1.165) is 13.1 Å². The molecule has 8 nitrogen and oxygen atoms in total. The Labute approximate surface area is 135 Å². The van der Waals surface area contributed by atoms with Crippen molar-refractivity contribution >= 4 is 10.0 Å². The number of hydrogen-bond donors (Lipinski definition) is 1. The van der Waals surface area contributed by atoms with Crippen molar-refractivity contribution < 1.29 is 13.2 Å². The number of nitrogens with zero attached hydrogens (tertiary/aromatic N) is 4. The summed E-state index contributed by atoms with van der Waals surface area (Å²) in [6.45, 7) is 4.08. The van der Waals surface area contributed by atoms with Crippen LogP contribution >= 0.6 is 0 Å². The highest BCUT2D eigenvalue weighted by Gasteiger charge is 2.18. The molecule has 1 aliphatic heterocycles. The van der Waals surface area contributed by atoms with E-state index < -0.39 is 10.0 Å². The van der Waals surface area contributed by atoms with E-state index in [1.165, 1.54) is 17.1 Å². The molecule has 1 N–H and O–H groups in total. The summed E-state index contributed by atoms with van der Waals surface area (Å²) in [5.41, 5.74) is 0. The molecule has 2 aromatic rings. The van der Waals surface area contributed by atoms with Crippen molar-refractivity contribution in [2.45, 2.75) is 4.90 Å². The van der Waals surface area contributed by atoms with E-state index in [1.54, 1.807) is 18.3 Å². The number of morpholine rings is 1. The summed E-state index contributed by atoms with van der Waals surface area (Å²) in [6, 6.07) is 5.37. The van der Waals surface area contributed by atoms with Gasteiger partial charge in [0.1, 0.15) is 4.90 Å². The van der Waals surface area contributed by atoms with Crippen LogP contribution in [0, 0.1) is 0 Å². The van der Waals surface area contributed by atoms with Gasteiger partial charge in [-0.1, -0.05) is 6.07 Å². The van der Waals surface area contributed by atoms with E-state index in [-0.39, 0.29) is 4.90 Å². The second-order valence-corrected chi connectivity index (χ2v) is 6.93. The molecule has 0 aliphatic carbocycles. The maximum absolute atomic E-state index is 12.3. The summed E-state index contributed by atoms with van der Waals surface area (Å²) < 4.78 is 33.9. The summed E-state index contributed by atoms with van der Waals surface area (Å²) >= 11 is 0. The van der Waals surface area contributed by atoms with Gasteiger partial charge < -0.3 is 4.74 Å². The number of sulfonamides is 1. The molecule has 0 saturated carbocycles. The zero-order valence-electron chi connectivity index (χ0n) is 12.6. The Morgan fingerprint density at radius 2 is 2.09 bits per heavy atom. The third-order valence-electron chi connectivity index (χ3n) is 3.58. The lowest BCUT2D eigenvalue weighted by atomic mass is 10.4. The number of hydrogen-bond acceptors (Lipinski definition) is 6. The first-order valence-electron chi connectivity index (χ1n) is 7.41. The molecule has 0 aromatic carbocycles.